The second-order valence-electron chi connectivity index (χ2n) is 4.55. The van der Waals surface area contributed by atoms with Crippen molar-refractivity contribution in [2.24, 2.45) is 0 Å². The zero-order chi connectivity index (χ0) is 13.4. The van der Waals surface area contributed by atoms with Crippen LogP contribution in [0.3, 0.4) is 0 Å². The van der Waals surface area contributed by atoms with Crippen LogP contribution >= 0.6 is 24.4 Å². The Morgan fingerprint density at radius 2 is 1.00 bits per heavy atom. The average molecular weight is 518 g/mol. The molecule has 2 nitrogen and oxygen atoms in total. The number of ether oxygens (including phenoxy) is 2. The van der Waals surface area contributed by atoms with Gasteiger partial charge in [-0.3, -0.25) is 0 Å². The molecule has 0 aliphatic heterocycles. The fraction of sp³-hybridized carbons (Fsp3) is 0.833. The topological polar surface area (TPSA) is 18.5 Å². The summed E-state index contributed by atoms with van der Waals surface area (Å²) in [7, 11) is 0. The van der Waals surface area contributed by atoms with Crippen LogP contribution in [0.4, 0.5) is 0 Å². The van der Waals surface area contributed by atoms with Gasteiger partial charge in [0.1, 0.15) is 0 Å². The molecule has 0 aromatic carbocycles. The summed E-state index contributed by atoms with van der Waals surface area (Å²) in [5.74, 6) is 0. The van der Waals surface area contributed by atoms with Crippen LogP contribution in [-0.4, -0.2) is 21.0 Å². The van der Waals surface area contributed by atoms with Crippen molar-refractivity contribution in [3.05, 3.63) is 0 Å². The number of hydrogen-bond donors (Lipinski definition) is 0. The van der Waals surface area contributed by atoms with Gasteiger partial charge in [-0.2, -0.15) is 0 Å². The summed E-state index contributed by atoms with van der Waals surface area (Å²) >= 11 is 18.5. The fourth-order valence-electron chi connectivity index (χ4n) is 2.28. The van der Waals surface area contributed by atoms with Gasteiger partial charge in [0, 0.05) is 8.77 Å². The molecule has 0 aromatic rings. The average Bonchev–Trinajstić information content (AvgIpc) is 2.90. The molecule has 0 spiro atoms. The molecule has 0 unspecified atom stereocenters. The maximum absolute atomic E-state index is 5.16. The number of hydrogen-bond acceptors (Lipinski definition) is 6. The predicted octanol–water partition coefficient (Wildman–Crippen LogP) is 3.55. The Labute approximate surface area is 151 Å². The minimum atomic E-state index is 0. The molecule has 2 rings (SSSR count). The predicted molar refractivity (Wildman–Crippen MR) is 86.6 cm³/mol. The quantitative estimate of drug-likeness (QED) is 0.409. The van der Waals surface area contributed by atoms with Gasteiger partial charge in [-0.15, -0.1) is 0 Å². The van der Waals surface area contributed by atoms with Gasteiger partial charge in [0.15, 0.2) is 0 Å². The Bertz CT molecular complexity index is 249. The van der Waals surface area contributed by atoms with E-state index in [9.17, 15) is 0 Å². The van der Waals surface area contributed by atoms with Crippen molar-refractivity contribution in [3.8, 4) is 0 Å². The van der Waals surface area contributed by atoms with Gasteiger partial charge in [0.2, 0.25) is 0 Å². The fourth-order valence-corrected chi connectivity index (χ4v) is 2.83. The van der Waals surface area contributed by atoms with Crippen LogP contribution in [0.2, 0.25) is 0 Å². The summed E-state index contributed by atoms with van der Waals surface area (Å²) < 4.78 is 10.9. The van der Waals surface area contributed by atoms with Gasteiger partial charge in [-0.05, 0) is 51.4 Å². The largest absolute Gasteiger partial charge is 2.00 e. The molecular formula is C12H18O2PtS4. The SMILES string of the molecule is S=C([S-])OC1CCCC1.S=C([S-])OC1CCCC1.[Pt+2]. The van der Waals surface area contributed by atoms with Crippen molar-refractivity contribution >= 4 is 58.5 Å². The summed E-state index contributed by atoms with van der Waals surface area (Å²) in [5.41, 5.74) is 0. The van der Waals surface area contributed by atoms with Crippen LogP contribution < -0.4 is 0 Å². The monoisotopic (exact) mass is 517 g/mol. The third kappa shape index (κ3) is 10.3. The van der Waals surface area contributed by atoms with Gasteiger partial charge >= 0.3 is 21.1 Å². The van der Waals surface area contributed by atoms with E-state index in [1.54, 1.807) is 0 Å². The maximum Gasteiger partial charge on any atom is 2.00 e. The first-order valence-electron chi connectivity index (χ1n) is 6.33. The molecule has 0 N–H and O–H groups in total. The first-order valence-corrected chi connectivity index (χ1v) is 7.96. The molecule has 0 bridgehead atoms. The second-order valence-corrected chi connectivity index (χ2v) is 6.55. The second kappa shape index (κ2) is 11.6. The minimum absolute atomic E-state index is 0. The molecule has 112 valence electrons. The van der Waals surface area contributed by atoms with Crippen LogP contribution in [0, 0.1) is 0 Å². The molecule has 2 saturated carbocycles. The molecule has 2 fully saturated rings. The molecule has 19 heavy (non-hydrogen) atoms. The van der Waals surface area contributed by atoms with Gasteiger partial charge < -0.3 is 59.2 Å². The van der Waals surface area contributed by atoms with Crippen LogP contribution in [0.25, 0.3) is 0 Å². The Hall–Kier alpha value is 0.908. The molecule has 0 radical (unpaired) electrons. The maximum atomic E-state index is 5.16. The molecule has 7 heteroatoms. The molecule has 0 atom stereocenters. The van der Waals surface area contributed by atoms with E-state index in [2.05, 4.69) is 49.7 Å². The molecular weight excluding hydrogens is 499 g/mol. The summed E-state index contributed by atoms with van der Waals surface area (Å²) in [6.45, 7) is 0. The molecule has 0 aromatic heterocycles. The van der Waals surface area contributed by atoms with Crippen LogP contribution in [0.1, 0.15) is 51.4 Å². The van der Waals surface area contributed by atoms with E-state index in [4.69, 9.17) is 9.47 Å². The number of thiocarbonyl (C=S) groups is 2. The van der Waals surface area contributed by atoms with Gasteiger partial charge in [-0.25, -0.2) is 0 Å². The van der Waals surface area contributed by atoms with E-state index >= 15 is 0 Å². The summed E-state index contributed by atoms with van der Waals surface area (Å²) in [5, 5.41) is 0. The molecule has 0 saturated heterocycles. The van der Waals surface area contributed by atoms with E-state index in [0.29, 0.717) is 12.2 Å². The van der Waals surface area contributed by atoms with E-state index in [1.807, 2.05) is 0 Å². The van der Waals surface area contributed by atoms with E-state index in [0.717, 1.165) is 25.7 Å². The first-order chi connectivity index (χ1) is 8.58. The Morgan fingerprint density at radius 1 is 0.737 bits per heavy atom. The van der Waals surface area contributed by atoms with Crippen LogP contribution in [-0.2, 0) is 55.8 Å². The van der Waals surface area contributed by atoms with E-state index in [1.165, 1.54) is 25.7 Å². The standard InChI is InChI=1S/2C6H10OS2.Pt/c2*8-6(9)7-5-3-1-2-4-5;/h2*5H,1-4H2,(H,8,9);/q;;+2/p-2. The minimum Gasteiger partial charge on any atom is -0.510 e. The Balaban J connectivity index is 0.000000324. The van der Waals surface area contributed by atoms with Crippen molar-refractivity contribution < 1.29 is 30.5 Å². The van der Waals surface area contributed by atoms with Gasteiger partial charge in [-0.1, -0.05) is 0 Å². The van der Waals surface area contributed by atoms with Crippen LogP contribution in [0.15, 0.2) is 0 Å². The smallest absolute Gasteiger partial charge is 0.510 e. The third-order valence-corrected chi connectivity index (χ3v) is 3.52. The zero-order valence-electron chi connectivity index (χ0n) is 10.6. The normalized spacial score (nSPS) is 18.9. The van der Waals surface area contributed by atoms with Crippen molar-refractivity contribution in [2.45, 2.75) is 63.6 Å². The van der Waals surface area contributed by atoms with Crippen molar-refractivity contribution in [1.82, 2.24) is 0 Å². The summed E-state index contributed by atoms with van der Waals surface area (Å²) in [4.78, 5) is 0. The first kappa shape index (κ1) is 19.9. The van der Waals surface area contributed by atoms with E-state index in [-0.39, 0.29) is 29.8 Å². The van der Waals surface area contributed by atoms with Gasteiger partial charge in [0.25, 0.3) is 0 Å². The molecule has 2 aliphatic carbocycles. The van der Waals surface area contributed by atoms with Crippen LogP contribution in [0.5, 0.6) is 0 Å². The molecule has 2 aliphatic rings. The summed E-state index contributed by atoms with van der Waals surface area (Å²) in [6, 6.07) is 0. The Morgan fingerprint density at radius 3 is 1.21 bits per heavy atom. The summed E-state index contributed by atoms with van der Waals surface area (Å²) in [6.07, 6.45) is 10.3. The third-order valence-electron chi connectivity index (χ3n) is 3.13. The molecule has 0 amide bonds. The number of rotatable bonds is 2. The van der Waals surface area contributed by atoms with Crippen molar-refractivity contribution in [1.29, 1.82) is 0 Å². The van der Waals surface area contributed by atoms with Crippen molar-refractivity contribution in [3.63, 3.8) is 0 Å². The van der Waals surface area contributed by atoms with Gasteiger partial charge in [0.05, 0.1) is 12.2 Å². The Kier molecular flexibility index (Phi) is 12.1. The van der Waals surface area contributed by atoms with E-state index < -0.39 is 0 Å². The zero-order valence-corrected chi connectivity index (χ0v) is 16.1. The van der Waals surface area contributed by atoms with Crippen molar-refractivity contribution in [2.75, 3.05) is 0 Å². The molecule has 0 heterocycles.